The summed E-state index contributed by atoms with van der Waals surface area (Å²) in [5.41, 5.74) is 0.182. The molecule has 1 aliphatic heterocycles. The molecule has 0 saturated carbocycles. The Morgan fingerprint density at radius 3 is 2.89 bits per heavy atom. The normalized spacial score (nSPS) is 17.8. The van der Waals surface area contributed by atoms with Crippen molar-refractivity contribution in [1.29, 1.82) is 0 Å². The van der Waals surface area contributed by atoms with Gasteiger partial charge in [0.15, 0.2) is 17.2 Å². The Morgan fingerprint density at radius 1 is 1.47 bits per heavy atom. The van der Waals surface area contributed by atoms with E-state index in [0.29, 0.717) is 23.8 Å². The number of rotatable bonds is 2. The quantitative estimate of drug-likeness (QED) is 0.819. The average Bonchev–Trinajstić information content (AvgIpc) is 2.92. The number of hydrogen-bond acceptors (Lipinski definition) is 5. The highest BCUT2D eigenvalue weighted by Crippen LogP contribution is 2.35. The Labute approximate surface area is 109 Å². The number of fused-ring (bicyclic) bond motifs is 1. The molecule has 19 heavy (non-hydrogen) atoms. The minimum atomic E-state index is -0.463. The highest BCUT2D eigenvalue weighted by molar-refractivity contribution is 5.92. The van der Waals surface area contributed by atoms with E-state index in [-0.39, 0.29) is 0 Å². The molecular weight excluding hydrogens is 248 g/mol. The van der Waals surface area contributed by atoms with Gasteiger partial charge in [-0.3, -0.25) is 0 Å². The van der Waals surface area contributed by atoms with E-state index in [0.717, 1.165) is 0 Å². The van der Waals surface area contributed by atoms with Gasteiger partial charge < -0.3 is 9.47 Å². The van der Waals surface area contributed by atoms with Crippen LogP contribution in [0.4, 0.5) is 10.6 Å². The van der Waals surface area contributed by atoms with Crippen LogP contribution in [0, 0.1) is 0 Å². The van der Waals surface area contributed by atoms with E-state index < -0.39 is 11.6 Å². The van der Waals surface area contributed by atoms with Crippen molar-refractivity contribution in [3.05, 3.63) is 18.5 Å². The molecule has 0 radical (unpaired) electrons. The zero-order valence-electron chi connectivity index (χ0n) is 11.0. The lowest BCUT2D eigenvalue weighted by Crippen LogP contribution is -2.42. The Balaban J connectivity index is 2.20. The molecule has 0 aliphatic carbocycles. The van der Waals surface area contributed by atoms with Gasteiger partial charge in [0.1, 0.15) is 6.61 Å². The summed E-state index contributed by atoms with van der Waals surface area (Å²) < 4.78 is 12.0. The fraction of sp³-hybridized carbons (Fsp3) is 0.417. The van der Waals surface area contributed by atoms with Gasteiger partial charge in [-0.1, -0.05) is 0 Å². The molecule has 1 fully saturated rings. The van der Waals surface area contributed by atoms with Crippen LogP contribution in [0.2, 0.25) is 0 Å². The molecule has 100 valence electrons. The fourth-order valence-corrected chi connectivity index (χ4v) is 2.12. The first kappa shape index (κ1) is 11.8. The van der Waals surface area contributed by atoms with Crippen molar-refractivity contribution < 1.29 is 14.3 Å². The zero-order valence-corrected chi connectivity index (χ0v) is 11.0. The summed E-state index contributed by atoms with van der Waals surface area (Å²) >= 11 is 0. The van der Waals surface area contributed by atoms with Gasteiger partial charge in [0, 0.05) is 6.07 Å². The molecule has 0 aromatic carbocycles. The third kappa shape index (κ3) is 1.69. The third-order valence-electron chi connectivity index (χ3n) is 3.10. The second kappa shape index (κ2) is 3.84. The summed E-state index contributed by atoms with van der Waals surface area (Å²) in [4.78, 5) is 17.9. The van der Waals surface area contributed by atoms with E-state index in [1.54, 1.807) is 23.0 Å². The topological polar surface area (TPSA) is 69.0 Å². The van der Waals surface area contributed by atoms with Gasteiger partial charge in [0.05, 0.1) is 25.0 Å². The molecule has 3 rings (SSSR count). The standard InChI is InChI=1S/C12H14N4O3/c1-12(2)7-19-11(17)16(12)10-8(18-3)6-15-9(14-10)4-5-13-15/h4-6H,7H2,1-3H3. The predicted octanol–water partition coefficient (Wildman–Crippen LogP) is 1.47. The van der Waals surface area contributed by atoms with Gasteiger partial charge in [-0.05, 0) is 13.8 Å². The van der Waals surface area contributed by atoms with Gasteiger partial charge >= 0.3 is 6.09 Å². The van der Waals surface area contributed by atoms with Crippen molar-refractivity contribution in [3.63, 3.8) is 0 Å². The zero-order chi connectivity index (χ0) is 13.6. The van der Waals surface area contributed by atoms with Crippen LogP contribution in [0.15, 0.2) is 18.5 Å². The smallest absolute Gasteiger partial charge is 0.416 e. The highest BCUT2D eigenvalue weighted by atomic mass is 16.6. The predicted molar refractivity (Wildman–Crippen MR) is 67.4 cm³/mol. The average molecular weight is 262 g/mol. The SMILES string of the molecule is COc1cn2nccc2nc1N1C(=O)OCC1(C)C. The number of nitrogens with zero attached hydrogens (tertiary/aromatic N) is 4. The van der Waals surface area contributed by atoms with Gasteiger partial charge in [-0.2, -0.15) is 5.10 Å². The number of hydrogen-bond donors (Lipinski definition) is 0. The molecule has 7 heteroatoms. The van der Waals surface area contributed by atoms with E-state index in [9.17, 15) is 4.79 Å². The van der Waals surface area contributed by atoms with Crippen molar-refractivity contribution in [2.75, 3.05) is 18.6 Å². The first-order chi connectivity index (χ1) is 9.03. The number of cyclic esters (lactones) is 1. The van der Waals surface area contributed by atoms with Crippen LogP contribution >= 0.6 is 0 Å². The minimum Gasteiger partial charge on any atom is -0.491 e. The Hall–Kier alpha value is -2.31. The molecule has 0 bridgehead atoms. The number of amides is 1. The fourth-order valence-electron chi connectivity index (χ4n) is 2.12. The lowest BCUT2D eigenvalue weighted by Gasteiger charge is -2.27. The lowest BCUT2D eigenvalue weighted by atomic mass is 10.1. The summed E-state index contributed by atoms with van der Waals surface area (Å²) in [5, 5.41) is 4.09. The van der Waals surface area contributed by atoms with E-state index in [1.165, 1.54) is 12.0 Å². The van der Waals surface area contributed by atoms with Crippen molar-refractivity contribution in [2.24, 2.45) is 0 Å². The van der Waals surface area contributed by atoms with Crippen LogP contribution in [0.25, 0.3) is 5.65 Å². The number of carbonyl (C=O) groups is 1. The Bertz CT molecular complexity index is 649. The molecule has 0 atom stereocenters. The maximum atomic E-state index is 11.9. The lowest BCUT2D eigenvalue weighted by molar-refractivity contribution is 0.175. The Morgan fingerprint density at radius 2 is 2.26 bits per heavy atom. The van der Waals surface area contributed by atoms with Crippen molar-refractivity contribution >= 4 is 17.6 Å². The largest absolute Gasteiger partial charge is 0.491 e. The second-order valence-corrected chi connectivity index (χ2v) is 4.97. The van der Waals surface area contributed by atoms with E-state index in [4.69, 9.17) is 9.47 Å². The van der Waals surface area contributed by atoms with Crippen LogP contribution in [0.1, 0.15) is 13.8 Å². The summed E-state index contributed by atoms with van der Waals surface area (Å²) in [6.07, 6.45) is 2.91. The minimum absolute atomic E-state index is 0.321. The molecular formula is C12H14N4O3. The van der Waals surface area contributed by atoms with Crippen LogP contribution in [-0.4, -0.2) is 39.9 Å². The van der Waals surface area contributed by atoms with Crippen LogP contribution < -0.4 is 9.64 Å². The summed E-state index contributed by atoms with van der Waals surface area (Å²) in [6.45, 7) is 4.15. The first-order valence-electron chi connectivity index (χ1n) is 5.88. The highest BCUT2D eigenvalue weighted by Gasteiger charge is 2.43. The molecule has 0 unspecified atom stereocenters. The van der Waals surface area contributed by atoms with Crippen molar-refractivity contribution in [2.45, 2.75) is 19.4 Å². The van der Waals surface area contributed by atoms with Gasteiger partial charge in [0.2, 0.25) is 0 Å². The number of anilines is 1. The summed E-state index contributed by atoms with van der Waals surface area (Å²) in [5.74, 6) is 0.922. The van der Waals surface area contributed by atoms with E-state index in [1.807, 2.05) is 13.8 Å². The Kier molecular flexibility index (Phi) is 2.38. The van der Waals surface area contributed by atoms with Gasteiger partial charge in [0.25, 0.3) is 0 Å². The van der Waals surface area contributed by atoms with Crippen LogP contribution in [0.5, 0.6) is 5.75 Å². The van der Waals surface area contributed by atoms with Crippen LogP contribution in [0.3, 0.4) is 0 Å². The number of ether oxygens (including phenoxy) is 2. The van der Waals surface area contributed by atoms with Crippen LogP contribution in [-0.2, 0) is 4.74 Å². The molecule has 1 amide bonds. The molecule has 1 saturated heterocycles. The number of methoxy groups -OCH3 is 1. The molecule has 1 aliphatic rings. The first-order valence-corrected chi connectivity index (χ1v) is 5.88. The maximum absolute atomic E-state index is 11.9. The van der Waals surface area contributed by atoms with E-state index in [2.05, 4.69) is 10.1 Å². The summed E-state index contributed by atoms with van der Waals surface area (Å²) in [7, 11) is 1.53. The van der Waals surface area contributed by atoms with Crippen molar-refractivity contribution in [3.8, 4) is 5.75 Å². The second-order valence-electron chi connectivity index (χ2n) is 4.97. The molecule has 0 spiro atoms. The molecule has 0 N–H and O–H groups in total. The summed E-state index contributed by atoms with van der Waals surface area (Å²) in [6, 6.07) is 1.76. The monoisotopic (exact) mass is 262 g/mol. The number of carbonyl (C=O) groups excluding carboxylic acids is 1. The molecule has 2 aromatic heterocycles. The molecule has 2 aromatic rings. The number of aromatic nitrogens is 3. The molecule has 7 nitrogen and oxygen atoms in total. The van der Waals surface area contributed by atoms with Gasteiger partial charge in [-0.25, -0.2) is 19.2 Å². The van der Waals surface area contributed by atoms with E-state index >= 15 is 0 Å². The van der Waals surface area contributed by atoms with Crippen molar-refractivity contribution in [1.82, 2.24) is 14.6 Å². The maximum Gasteiger partial charge on any atom is 0.416 e. The molecule has 3 heterocycles. The van der Waals surface area contributed by atoms with Gasteiger partial charge in [-0.15, -0.1) is 0 Å². The third-order valence-corrected chi connectivity index (χ3v) is 3.10.